The maximum atomic E-state index is 5.96. The van der Waals surface area contributed by atoms with Crippen molar-refractivity contribution in [2.45, 2.75) is 89.3 Å². The third-order valence-electron chi connectivity index (χ3n) is 5.46. The fourth-order valence-electron chi connectivity index (χ4n) is 4.22. The lowest BCUT2D eigenvalue weighted by Crippen LogP contribution is -2.43. The predicted molar refractivity (Wildman–Crippen MR) is 79.3 cm³/mol. The highest BCUT2D eigenvalue weighted by atomic mass is 16.5. The molecule has 0 aromatic heterocycles. The van der Waals surface area contributed by atoms with Crippen molar-refractivity contribution in [1.82, 2.24) is 5.32 Å². The molecule has 0 radical (unpaired) electrons. The first-order valence-corrected chi connectivity index (χ1v) is 8.74. The van der Waals surface area contributed by atoms with E-state index in [2.05, 4.69) is 12.2 Å². The van der Waals surface area contributed by atoms with E-state index >= 15 is 0 Å². The quantitative estimate of drug-likeness (QED) is 0.761. The monoisotopic (exact) mass is 265 g/mol. The van der Waals surface area contributed by atoms with Gasteiger partial charge in [-0.05, 0) is 50.4 Å². The third kappa shape index (κ3) is 3.72. The van der Waals surface area contributed by atoms with Crippen LogP contribution in [0.15, 0.2) is 0 Å². The van der Waals surface area contributed by atoms with Crippen LogP contribution < -0.4 is 5.32 Å². The lowest BCUT2D eigenvalue weighted by molar-refractivity contribution is 0.0783. The summed E-state index contributed by atoms with van der Waals surface area (Å²) in [5.41, 5.74) is 0. The number of hydrogen-bond acceptors (Lipinski definition) is 2. The Kier molecular flexibility index (Phi) is 4.81. The van der Waals surface area contributed by atoms with Gasteiger partial charge in [-0.15, -0.1) is 0 Å². The molecule has 3 rings (SSSR count). The highest BCUT2D eigenvalue weighted by molar-refractivity contribution is 4.95. The largest absolute Gasteiger partial charge is 0.376 e. The Balaban J connectivity index is 1.46. The molecular formula is C17H31NO. The van der Waals surface area contributed by atoms with Crippen molar-refractivity contribution in [2.75, 3.05) is 6.61 Å². The van der Waals surface area contributed by atoms with E-state index in [0.29, 0.717) is 12.1 Å². The molecule has 3 aliphatic rings. The normalized spacial score (nSPS) is 40.3. The predicted octanol–water partition coefficient (Wildman–Crippen LogP) is 3.89. The second-order valence-corrected chi connectivity index (χ2v) is 7.09. The summed E-state index contributed by atoms with van der Waals surface area (Å²) < 4.78 is 5.96. The van der Waals surface area contributed by atoms with Gasteiger partial charge in [0.05, 0.1) is 6.10 Å². The SMILES string of the molecule is CCCC1CCCC(NC2CCOC2C2CC2)CC1. The Morgan fingerprint density at radius 3 is 2.68 bits per heavy atom. The summed E-state index contributed by atoms with van der Waals surface area (Å²) >= 11 is 0. The standard InChI is InChI=1S/C17H31NO/c1-2-4-13-5-3-6-15(10-7-13)18-16-11-12-19-17(16)14-8-9-14/h13-18H,2-12H2,1H3. The molecule has 4 unspecified atom stereocenters. The van der Waals surface area contributed by atoms with E-state index in [4.69, 9.17) is 4.74 Å². The van der Waals surface area contributed by atoms with Crippen LogP contribution in [0.1, 0.15) is 71.1 Å². The zero-order valence-corrected chi connectivity index (χ0v) is 12.6. The first-order valence-electron chi connectivity index (χ1n) is 8.74. The number of rotatable bonds is 5. The number of nitrogens with one attached hydrogen (secondary N) is 1. The Hall–Kier alpha value is -0.0800. The molecule has 0 aromatic carbocycles. The molecule has 2 saturated carbocycles. The number of ether oxygens (including phenoxy) is 1. The Morgan fingerprint density at radius 1 is 1.00 bits per heavy atom. The molecule has 3 fully saturated rings. The fourth-order valence-corrected chi connectivity index (χ4v) is 4.22. The molecule has 0 amide bonds. The maximum absolute atomic E-state index is 5.96. The topological polar surface area (TPSA) is 21.3 Å². The fraction of sp³-hybridized carbons (Fsp3) is 1.00. The lowest BCUT2D eigenvalue weighted by atomic mass is 9.95. The van der Waals surface area contributed by atoms with Crippen molar-refractivity contribution < 1.29 is 4.74 Å². The van der Waals surface area contributed by atoms with Crippen molar-refractivity contribution in [3.8, 4) is 0 Å². The van der Waals surface area contributed by atoms with E-state index < -0.39 is 0 Å². The average molecular weight is 265 g/mol. The maximum Gasteiger partial charge on any atom is 0.0757 e. The summed E-state index contributed by atoms with van der Waals surface area (Å²) in [6.07, 6.45) is 14.6. The highest BCUT2D eigenvalue weighted by Gasteiger charge is 2.41. The molecule has 1 aliphatic heterocycles. The smallest absolute Gasteiger partial charge is 0.0757 e. The van der Waals surface area contributed by atoms with E-state index in [0.717, 1.165) is 24.5 Å². The first kappa shape index (κ1) is 13.9. The van der Waals surface area contributed by atoms with E-state index in [-0.39, 0.29) is 0 Å². The van der Waals surface area contributed by atoms with Crippen LogP contribution in [0.25, 0.3) is 0 Å². The van der Waals surface area contributed by atoms with Gasteiger partial charge < -0.3 is 10.1 Å². The molecular weight excluding hydrogens is 234 g/mol. The van der Waals surface area contributed by atoms with Crippen LogP contribution in [0.5, 0.6) is 0 Å². The molecule has 1 N–H and O–H groups in total. The molecule has 0 spiro atoms. The van der Waals surface area contributed by atoms with Crippen LogP contribution in [0, 0.1) is 11.8 Å². The molecule has 2 nitrogen and oxygen atoms in total. The van der Waals surface area contributed by atoms with Gasteiger partial charge in [0, 0.05) is 18.7 Å². The van der Waals surface area contributed by atoms with E-state index in [1.54, 1.807) is 0 Å². The van der Waals surface area contributed by atoms with E-state index in [1.165, 1.54) is 64.2 Å². The van der Waals surface area contributed by atoms with Crippen LogP contribution in [0.3, 0.4) is 0 Å². The Labute approximate surface area is 118 Å². The average Bonchev–Trinajstić information content (AvgIpc) is 3.18. The zero-order valence-electron chi connectivity index (χ0n) is 12.6. The molecule has 0 bridgehead atoms. The Bertz CT molecular complexity index is 276. The van der Waals surface area contributed by atoms with Gasteiger partial charge in [0.15, 0.2) is 0 Å². The summed E-state index contributed by atoms with van der Waals surface area (Å²) in [7, 11) is 0. The molecule has 2 aliphatic carbocycles. The van der Waals surface area contributed by atoms with Gasteiger partial charge in [0.25, 0.3) is 0 Å². The van der Waals surface area contributed by atoms with E-state index in [1.807, 2.05) is 0 Å². The van der Waals surface area contributed by atoms with Crippen molar-refractivity contribution in [1.29, 1.82) is 0 Å². The molecule has 0 aromatic rings. The minimum atomic E-state index is 0.551. The third-order valence-corrected chi connectivity index (χ3v) is 5.46. The van der Waals surface area contributed by atoms with Crippen LogP contribution in [-0.2, 0) is 4.74 Å². The van der Waals surface area contributed by atoms with Gasteiger partial charge in [0.1, 0.15) is 0 Å². The zero-order chi connectivity index (χ0) is 13.1. The molecule has 19 heavy (non-hydrogen) atoms. The minimum Gasteiger partial charge on any atom is -0.376 e. The van der Waals surface area contributed by atoms with Gasteiger partial charge in [-0.1, -0.05) is 32.6 Å². The van der Waals surface area contributed by atoms with Gasteiger partial charge in [-0.3, -0.25) is 0 Å². The molecule has 1 heterocycles. The lowest BCUT2D eigenvalue weighted by Gasteiger charge is -2.25. The summed E-state index contributed by atoms with van der Waals surface area (Å²) in [6.45, 7) is 3.32. The second kappa shape index (κ2) is 6.58. The van der Waals surface area contributed by atoms with Gasteiger partial charge in [-0.25, -0.2) is 0 Å². The van der Waals surface area contributed by atoms with Crippen LogP contribution in [0.2, 0.25) is 0 Å². The van der Waals surface area contributed by atoms with Crippen LogP contribution in [-0.4, -0.2) is 24.8 Å². The van der Waals surface area contributed by atoms with Crippen molar-refractivity contribution >= 4 is 0 Å². The summed E-state index contributed by atoms with van der Waals surface area (Å²) in [4.78, 5) is 0. The minimum absolute atomic E-state index is 0.551. The van der Waals surface area contributed by atoms with Crippen LogP contribution in [0.4, 0.5) is 0 Å². The summed E-state index contributed by atoms with van der Waals surface area (Å²) in [5, 5.41) is 3.97. The second-order valence-electron chi connectivity index (χ2n) is 7.09. The van der Waals surface area contributed by atoms with E-state index in [9.17, 15) is 0 Å². The number of hydrogen-bond donors (Lipinski definition) is 1. The Morgan fingerprint density at radius 2 is 1.89 bits per heavy atom. The summed E-state index contributed by atoms with van der Waals surface area (Å²) in [5.74, 6) is 1.90. The van der Waals surface area contributed by atoms with Gasteiger partial charge in [0.2, 0.25) is 0 Å². The first-order chi connectivity index (χ1) is 9.36. The van der Waals surface area contributed by atoms with Crippen molar-refractivity contribution in [3.05, 3.63) is 0 Å². The molecule has 1 saturated heterocycles. The summed E-state index contributed by atoms with van der Waals surface area (Å²) in [6, 6.07) is 1.44. The van der Waals surface area contributed by atoms with Crippen molar-refractivity contribution in [2.24, 2.45) is 11.8 Å². The van der Waals surface area contributed by atoms with Crippen molar-refractivity contribution in [3.63, 3.8) is 0 Å². The molecule has 110 valence electrons. The molecule has 4 atom stereocenters. The highest BCUT2D eigenvalue weighted by Crippen LogP contribution is 2.39. The van der Waals surface area contributed by atoms with Gasteiger partial charge >= 0.3 is 0 Å². The van der Waals surface area contributed by atoms with Crippen LogP contribution >= 0.6 is 0 Å². The van der Waals surface area contributed by atoms with Gasteiger partial charge in [-0.2, -0.15) is 0 Å². The molecule has 2 heteroatoms.